The molecule has 44 heavy (non-hydrogen) atoms. The van der Waals surface area contributed by atoms with E-state index in [4.69, 9.17) is 23.7 Å². The number of ether oxygens (including phenoxy) is 5. The van der Waals surface area contributed by atoms with E-state index in [0.29, 0.717) is 39.0 Å². The van der Waals surface area contributed by atoms with Crippen LogP contribution in [-0.2, 0) is 28.9 Å². The quantitative estimate of drug-likeness (QED) is 0.154. The second kappa shape index (κ2) is 17.3. The minimum absolute atomic E-state index is 0.0877. The molecular formula is C34H43N5O5. The van der Waals surface area contributed by atoms with Crippen LogP contribution < -0.4 is 19.5 Å². The van der Waals surface area contributed by atoms with E-state index in [9.17, 15) is 0 Å². The molecule has 10 nitrogen and oxygen atoms in total. The van der Waals surface area contributed by atoms with E-state index in [1.807, 2.05) is 42.5 Å². The average molecular weight is 602 g/mol. The first-order valence-electron chi connectivity index (χ1n) is 15.5. The van der Waals surface area contributed by atoms with Crippen LogP contribution in [-0.4, -0.2) is 73.4 Å². The summed E-state index contributed by atoms with van der Waals surface area (Å²) in [4.78, 5) is 0. The molecule has 5 rings (SSSR count). The van der Waals surface area contributed by atoms with Crippen LogP contribution in [0.4, 0.5) is 0 Å². The van der Waals surface area contributed by atoms with Crippen molar-refractivity contribution in [3.63, 3.8) is 0 Å². The fourth-order valence-corrected chi connectivity index (χ4v) is 5.48. The first-order chi connectivity index (χ1) is 21.8. The van der Waals surface area contributed by atoms with Crippen LogP contribution >= 0.6 is 0 Å². The summed E-state index contributed by atoms with van der Waals surface area (Å²) in [6, 6.07) is 24.5. The minimum atomic E-state index is 0.0877. The Morgan fingerprint density at radius 3 is 2.43 bits per heavy atom. The molecule has 0 spiro atoms. The van der Waals surface area contributed by atoms with Gasteiger partial charge in [-0.2, -0.15) is 5.21 Å². The molecule has 1 fully saturated rings. The third kappa shape index (κ3) is 9.51. The standard InChI is InChI=1S/C34H43N5O5/c1-40-31-11-4-3-9-28(31)25-41-20-7-21-42-29-16-14-26(15-17-29)30-18-19-35-24-33(30)44-23-22-43-32-12-5-2-8-27(32)10-6-13-34-36-38-39-37-34/h2-5,8-9,11-12,14-17,30,33,35H,6-7,10,13,18-25H2,1H3,(H,36,37,38,39). The number of benzene rings is 3. The number of nitrogens with one attached hydrogen (secondary N) is 2. The molecule has 3 aromatic carbocycles. The first kappa shape index (κ1) is 31.4. The van der Waals surface area contributed by atoms with E-state index in [1.165, 1.54) is 11.1 Å². The van der Waals surface area contributed by atoms with E-state index >= 15 is 0 Å². The van der Waals surface area contributed by atoms with Crippen molar-refractivity contribution in [2.24, 2.45) is 0 Å². The van der Waals surface area contributed by atoms with Crippen molar-refractivity contribution in [2.75, 3.05) is 46.6 Å². The number of rotatable bonds is 18. The molecule has 0 saturated carbocycles. The summed E-state index contributed by atoms with van der Waals surface area (Å²) in [7, 11) is 1.68. The van der Waals surface area contributed by atoms with Crippen LogP contribution in [0.15, 0.2) is 72.8 Å². The third-order valence-electron chi connectivity index (χ3n) is 7.77. The highest BCUT2D eigenvalue weighted by atomic mass is 16.5. The summed E-state index contributed by atoms with van der Waals surface area (Å²) in [5.41, 5.74) is 3.50. The molecule has 10 heteroatoms. The number of aryl methyl sites for hydroxylation is 2. The van der Waals surface area contributed by atoms with E-state index in [1.54, 1.807) is 7.11 Å². The van der Waals surface area contributed by atoms with Crippen molar-refractivity contribution < 1.29 is 23.7 Å². The Bertz CT molecular complexity index is 1370. The van der Waals surface area contributed by atoms with Gasteiger partial charge in [0.15, 0.2) is 5.82 Å². The molecule has 0 amide bonds. The van der Waals surface area contributed by atoms with E-state index < -0.39 is 0 Å². The van der Waals surface area contributed by atoms with Gasteiger partial charge in [-0.15, -0.1) is 10.2 Å². The Morgan fingerprint density at radius 1 is 0.795 bits per heavy atom. The van der Waals surface area contributed by atoms with Crippen LogP contribution in [0.25, 0.3) is 0 Å². The number of tetrazole rings is 1. The SMILES string of the molecule is COc1ccccc1COCCCOc1ccc(C2CCNCC2OCCOc2ccccc2CCCc2nn[nH]n2)cc1. The average Bonchev–Trinajstić information content (AvgIpc) is 3.60. The van der Waals surface area contributed by atoms with Crippen LogP contribution in [0, 0.1) is 0 Å². The molecule has 2 unspecified atom stereocenters. The van der Waals surface area contributed by atoms with Gasteiger partial charge >= 0.3 is 0 Å². The van der Waals surface area contributed by atoms with E-state index in [2.05, 4.69) is 56.3 Å². The number of aromatic nitrogens is 4. The Balaban J connectivity index is 1.01. The molecular weight excluding hydrogens is 558 g/mol. The summed E-state index contributed by atoms with van der Waals surface area (Å²) >= 11 is 0. The number of aromatic amines is 1. The van der Waals surface area contributed by atoms with Crippen molar-refractivity contribution in [3.8, 4) is 17.2 Å². The second-order valence-corrected chi connectivity index (χ2v) is 10.8. The fraction of sp³-hybridized carbons (Fsp3) is 0.441. The summed E-state index contributed by atoms with van der Waals surface area (Å²) < 4.78 is 29.7. The molecule has 1 aliphatic rings. The summed E-state index contributed by atoms with van der Waals surface area (Å²) in [6.45, 7) is 4.59. The Morgan fingerprint density at radius 2 is 1.61 bits per heavy atom. The van der Waals surface area contributed by atoms with Gasteiger partial charge in [-0.1, -0.05) is 53.7 Å². The molecule has 1 aromatic heterocycles. The lowest BCUT2D eigenvalue weighted by Crippen LogP contribution is -2.41. The maximum Gasteiger partial charge on any atom is 0.174 e. The highest BCUT2D eigenvalue weighted by molar-refractivity contribution is 5.34. The monoisotopic (exact) mass is 601 g/mol. The van der Waals surface area contributed by atoms with Crippen molar-refractivity contribution >= 4 is 0 Å². The number of hydrogen-bond acceptors (Lipinski definition) is 9. The van der Waals surface area contributed by atoms with Crippen molar-refractivity contribution in [1.29, 1.82) is 0 Å². The zero-order valence-electron chi connectivity index (χ0n) is 25.5. The smallest absolute Gasteiger partial charge is 0.174 e. The Kier molecular flexibility index (Phi) is 12.4. The predicted octanol–water partition coefficient (Wildman–Crippen LogP) is 4.91. The molecule has 234 valence electrons. The zero-order chi connectivity index (χ0) is 30.2. The normalized spacial score (nSPS) is 16.5. The highest BCUT2D eigenvalue weighted by Crippen LogP contribution is 2.29. The number of hydrogen-bond donors (Lipinski definition) is 2. The minimum Gasteiger partial charge on any atom is -0.496 e. The molecule has 2 heterocycles. The van der Waals surface area contributed by atoms with E-state index in [0.717, 1.165) is 73.8 Å². The maximum absolute atomic E-state index is 6.35. The molecule has 0 bridgehead atoms. The summed E-state index contributed by atoms with van der Waals surface area (Å²) in [5, 5.41) is 17.7. The van der Waals surface area contributed by atoms with Crippen LogP contribution in [0.2, 0.25) is 0 Å². The Labute approximate surface area is 259 Å². The van der Waals surface area contributed by atoms with Gasteiger partial charge in [-0.3, -0.25) is 0 Å². The largest absolute Gasteiger partial charge is 0.496 e. The Hall–Kier alpha value is -3.99. The molecule has 1 saturated heterocycles. The number of nitrogens with zero attached hydrogens (tertiary/aromatic N) is 3. The fourth-order valence-electron chi connectivity index (χ4n) is 5.48. The topological polar surface area (TPSA) is 113 Å². The van der Waals surface area contributed by atoms with Gasteiger partial charge in [0, 0.05) is 30.9 Å². The number of piperidine rings is 1. The predicted molar refractivity (Wildman–Crippen MR) is 167 cm³/mol. The van der Waals surface area contributed by atoms with Gasteiger partial charge < -0.3 is 29.0 Å². The third-order valence-corrected chi connectivity index (χ3v) is 7.77. The molecule has 0 aliphatic carbocycles. The molecule has 4 aromatic rings. The lowest BCUT2D eigenvalue weighted by atomic mass is 9.88. The first-order valence-corrected chi connectivity index (χ1v) is 15.5. The highest BCUT2D eigenvalue weighted by Gasteiger charge is 2.27. The van der Waals surface area contributed by atoms with Crippen molar-refractivity contribution in [1.82, 2.24) is 25.9 Å². The molecule has 0 radical (unpaired) electrons. The van der Waals surface area contributed by atoms with Crippen LogP contribution in [0.5, 0.6) is 17.2 Å². The van der Waals surface area contributed by atoms with Crippen molar-refractivity contribution in [2.45, 2.75) is 50.7 Å². The number of para-hydroxylation sites is 2. The van der Waals surface area contributed by atoms with Gasteiger partial charge in [0.05, 0.1) is 39.6 Å². The number of H-pyrrole nitrogens is 1. The van der Waals surface area contributed by atoms with E-state index in [-0.39, 0.29) is 6.10 Å². The van der Waals surface area contributed by atoms with Crippen LogP contribution in [0.1, 0.15) is 47.7 Å². The van der Waals surface area contributed by atoms with Gasteiger partial charge in [0.2, 0.25) is 0 Å². The molecule has 1 aliphatic heterocycles. The summed E-state index contributed by atoms with van der Waals surface area (Å²) in [5.74, 6) is 3.68. The number of methoxy groups -OCH3 is 1. The van der Waals surface area contributed by atoms with Gasteiger partial charge in [0.25, 0.3) is 0 Å². The van der Waals surface area contributed by atoms with Gasteiger partial charge in [0.1, 0.15) is 23.9 Å². The van der Waals surface area contributed by atoms with Gasteiger partial charge in [-0.05, 0) is 61.2 Å². The molecule has 2 N–H and O–H groups in total. The lowest BCUT2D eigenvalue weighted by molar-refractivity contribution is 0.00721. The second-order valence-electron chi connectivity index (χ2n) is 10.8. The maximum atomic E-state index is 6.35. The van der Waals surface area contributed by atoms with Crippen LogP contribution in [0.3, 0.4) is 0 Å². The molecule has 2 atom stereocenters. The zero-order valence-corrected chi connectivity index (χ0v) is 25.5. The van der Waals surface area contributed by atoms with Gasteiger partial charge in [-0.25, -0.2) is 0 Å². The van der Waals surface area contributed by atoms with Crippen molar-refractivity contribution in [3.05, 3.63) is 95.3 Å². The summed E-state index contributed by atoms with van der Waals surface area (Å²) in [6.07, 6.45) is 4.51. The lowest BCUT2D eigenvalue weighted by Gasteiger charge is -2.32.